The predicted octanol–water partition coefficient (Wildman–Crippen LogP) is 2.35. The second kappa shape index (κ2) is 7.00. The van der Waals surface area contributed by atoms with Crippen molar-refractivity contribution in [1.29, 1.82) is 0 Å². The van der Waals surface area contributed by atoms with Crippen LogP contribution >= 0.6 is 0 Å². The van der Waals surface area contributed by atoms with Gasteiger partial charge in [-0.15, -0.1) is 0 Å². The fourth-order valence-electron chi connectivity index (χ4n) is 2.41. The molecule has 0 radical (unpaired) electrons. The first-order chi connectivity index (χ1) is 11.6. The zero-order valence-electron chi connectivity index (χ0n) is 14.7. The fourth-order valence-corrected chi connectivity index (χ4v) is 2.41. The van der Waals surface area contributed by atoms with Gasteiger partial charge in [0, 0.05) is 25.2 Å². The van der Waals surface area contributed by atoms with E-state index in [1.165, 1.54) is 24.0 Å². The van der Waals surface area contributed by atoms with E-state index in [0.717, 1.165) is 4.90 Å². The molecule has 2 heterocycles. The highest BCUT2D eigenvalue weighted by molar-refractivity contribution is 5.98. The van der Waals surface area contributed by atoms with Gasteiger partial charge < -0.3 is 14.3 Å². The normalized spacial score (nSPS) is 18.7. The second-order valence-corrected chi connectivity index (χ2v) is 6.68. The number of rotatable bonds is 3. The second-order valence-electron chi connectivity index (χ2n) is 6.68. The van der Waals surface area contributed by atoms with Crippen molar-refractivity contribution in [3.63, 3.8) is 0 Å². The van der Waals surface area contributed by atoms with E-state index < -0.39 is 23.7 Å². The van der Waals surface area contributed by atoms with Crippen LogP contribution in [0.5, 0.6) is 0 Å². The molecule has 1 saturated heterocycles. The first-order valence-electron chi connectivity index (χ1n) is 7.90. The molecule has 1 aromatic heterocycles. The summed E-state index contributed by atoms with van der Waals surface area (Å²) in [5, 5.41) is 9.07. The molecule has 1 aliphatic rings. The lowest BCUT2D eigenvalue weighted by Gasteiger charge is -2.36. The third kappa shape index (κ3) is 4.62. The topological polar surface area (TPSA) is 100 Å². The van der Waals surface area contributed by atoms with Gasteiger partial charge in [0.25, 0.3) is 5.91 Å². The van der Waals surface area contributed by atoms with E-state index in [1.807, 2.05) is 0 Å². The molecule has 1 atom stereocenters. The Hall–Kier alpha value is -2.77. The van der Waals surface area contributed by atoms with Crippen molar-refractivity contribution >= 4 is 29.9 Å². The summed E-state index contributed by atoms with van der Waals surface area (Å²) in [6.07, 6.45) is 1.58. The van der Waals surface area contributed by atoms with Gasteiger partial charge in [-0.25, -0.2) is 9.59 Å². The van der Waals surface area contributed by atoms with E-state index in [2.05, 4.69) is 0 Å². The lowest BCUT2D eigenvalue weighted by Crippen LogP contribution is -2.57. The first kappa shape index (κ1) is 18.6. The number of hydrogen-bond donors (Lipinski definition) is 1. The summed E-state index contributed by atoms with van der Waals surface area (Å²) in [6.45, 7) is 7.26. The van der Waals surface area contributed by atoms with Crippen LogP contribution in [0.3, 0.4) is 0 Å². The highest BCUT2D eigenvalue weighted by Crippen LogP contribution is 2.24. The number of carboxylic acid groups (broad SMARTS) is 1. The molecule has 136 valence electrons. The molecule has 1 aromatic rings. The molecule has 2 rings (SSSR count). The van der Waals surface area contributed by atoms with E-state index in [0.29, 0.717) is 11.6 Å². The first-order valence-corrected chi connectivity index (χ1v) is 7.90. The van der Waals surface area contributed by atoms with E-state index in [1.54, 1.807) is 32.9 Å². The van der Waals surface area contributed by atoms with Crippen LogP contribution in [-0.2, 0) is 14.3 Å². The van der Waals surface area contributed by atoms with Gasteiger partial charge in [0.1, 0.15) is 17.4 Å². The van der Waals surface area contributed by atoms with Crippen molar-refractivity contribution < 1.29 is 28.6 Å². The predicted molar refractivity (Wildman–Crippen MR) is 90.1 cm³/mol. The number of nitrogens with zero attached hydrogens (tertiary/aromatic N) is 2. The Morgan fingerprint density at radius 1 is 1.32 bits per heavy atom. The number of hydrogen-bond acceptors (Lipinski definition) is 5. The molecule has 0 bridgehead atoms. The Kier molecular flexibility index (Phi) is 5.20. The summed E-state index contributed by atoms with van der Waals surface area (Å²) in [5.41, 5.74) is -0.581. The minimum atomic E-state index is -1.12. The Balaban J connectivity index is 2.05. The zero-order valence-corrected chi connectivity index (χ0v) is 14.7. The van der Waals surface area contributed by atoms with Crippen molar-refractivity contribution in [2.24, 2.45) is 0 Å². The SMILES string of the molecule is CC1C(=O)N(c2ccc(/C=C/C(=O)OC(C)(C)C)o2)CCN1C(=O)O. The lowest BCUT2D eigenvalue weighted by atomic mass is 10.2. The molecule has 1 fully saturated rings. The van der Waals surface area contributed by atoms with Gasteiger partial charge in [-0.3, -0.25) is 14.6 Å². The summed E-state index contributed by atoms with van der Waals surface area (Å²) in [7, 11) is 0. The van der Waals surface area contributed by atoms with Crippen molar-refractivity contribution in [1.82, 2.24) is 4.90 Å². The van der Waals surface area contributed by atoms with Crippen molar-refractivity contribution in [2.45, 2.75) is 39.3 Å². The molecule has 0 aromatic carbocycles. The van der Waals surface area contributed by atoms with Crippen molar-refractivity contribution in [2.75, 3.05) is 18.0 Å². The number of carbonyl (C=O) groups is 3. The Labute approximate surface area is 145 Å². The molecule has 2 amide bonds. The van der Waals surface area contributed by atoms with Crippen LogP contribution in [0, 0.1) is 0 Å². The van der Waals surface area contributed by atoms with Crippen LogP contribution < -0.4 is 4.90 Å². The van der Waals surface area contributed by atoms with E-state index in [4.69, 9.17) is 14.3 Å². The van der Waals surface area contributed by atoms with E-state index in [-0.39, 0.29) is 19.0 Å². The van der Waals surface area contributed by atoms with Crippen molar-refractivity contribution in [3.05, 3.63) is 24.0 Å². The van der Waals surface area contributed by atoms with Gasteiger partial charge in [0.15, 0.2) is 0 Å². The highest BCUT2D eigenvalue weighted by atomic mass is 16.6. The molecule has 1 unspecified atom stereocenters. The van der Waals surface area contributed by atoms with Gasteiger partial charge in [-0.2, -0.15) is 0 Å². The van der Waals surface area contributed by atoms with Crippen LogP contribution in [0.1, 0.15) is 33.5 Å². The average molecular weight is 350 g/mol. The highest BCUT2D eigenvalue weighted by Gasteiger charge is 2.36. The van der Waals surface area contributed by atoms with E-state index in [9.17, 15) is 14.4 Å². The van der Waals surface area contributed by atoms with Gasteiger partial charge in [0.05, 0.1) is 0 Å². The van der Waals surface area contributed by atoms with Crippen LogP contribution in [0.25, 0.3) is 6.08 Å². The molecule has 0 spiro atoms. The van der Waals surface area contributed by atoms with Gasteiger partial charge in [-0.1, -0.05) is 0 Å². The molecular formula is C17H22N2O6. The summed E-state index contributed by atoms with van der Waals surface area (Å²) in [4.78, 5) is 37.6. The number of carbonyl (C=O) groups excluding carboxylic acids is 2. The molecule has 0 saturated carbocycles. The Morgan fingerprint density at radius 3 is 2.60 bits per heavy atom. The molecule has 0 aliphatic carbocycles. The molecule has 1 N–H and O–H groups in total. The Bertz CT molecular complexity index is 700. The quantitative estimate of drug-likeness (QED) is 0.663. The van der Waals surface area contributed by atoms with E-state index >= 15 is 0 Å². The standard InChI is InChI=1S/C17H22N2O6/c1-11-15(21)19(10-9-18(11)16(22)23)13-7-5-12(24-13)6-8-14(20)25-17(2,3)4/h5-8,11H,9-10H2,1-4H3,(H,22,23)/b8-6+. The molecular weight excluding hydrogens is 328 g/mol. The lowest BCUT2D eigenvalue weighted by molar-refractivity contribution is -0.148. The number of ether oxygens (including phenoxy) is 1. The van der Waals surface area contributed by atoms with Gasteiger partial charge in [-0.05, 0) is 39.8 Å². The Morgan fingerprint density at radius 2 is 2.00 bits per heavy atom. The third-order valence-corrected chi connectivity index (χ3v) is 3.57. The van der Waals surface area contributed by atoms with Crippen LogP contribution in [0.4, 0.5) is 10.7 Å². The molecule has 8 heteroatoms. The maximum Gasteiger partial charge on any atom is 0.408 e. The zero-order chi connectivity index (χ0) is 18.8. The van der Waals surface area contributed by atoms with Crippen molar-refractivity contribution in [3.8, 4) is 0 Å². The monoisotopic (exact) mass is 350 g/mol. The summed E-state index contributed by atoms with van der Waals surface area (Å²) in [5.74, 6) is -0.149. The maximum absolute atomic E-state index is 12.3. The smallest absolute Gasteiger partial charge is 0.408 e. The number of esters is 1. The number of anilines is 1. The fraction of sp³-hybridized carbons (Fsp3) is 0.471. The average Bonchev–Trinajstić information content (AvgIpc) is 2.94. The molecule has 25 heavy (non-hydrogen) atoms. The summed E-state index contributed by atoms with van der Waals surface area (Å²) >= 11 is 0. The number of furan rings is 1. The summed E-state index contributed by atoms with van der Waals surface area (Å²) in [6, 6.07) is 2.45. The van der Waals surface area contributed by atoms with Crippen LogP contribution in [0.15, 0.2) is 22.6 Å². The summed E-state index contributed by atoms with van der Waals surface area (Å²) < 4.78 is 10.7. The number of amides is 2. The van der Waals surface area contributed by atoms with Crippen LogP contribution in [0.2, 0.25) is 0 Å². The molecule has 1 aliphatic heterocycles. The minimum Gasteiger partial charge on any atom is -0.465 e. The third-order valence-electron chi connectivity index (χ3n) is 3.57. The largest absolute Gasteiger partial charge is 0.465 e. The van der Waals surface area contributed by atoms with Crippen LogP contribution in [-0.4, -0.2) is 52.7 Å². The number of piperazine rings is 1. The van der Waals surface area contributed by atoms with Gasteiger partial charge in [0.2, 0.25) is 5.88 Å². The molecule has 8 nitrogen and oxygen atoms in total. The van der Waals surface area contributed by atoms with Gasteiger partial charge >= 0.3 is 12.1 Å². The minimum absolute atomic E-state index is 0.200. The maximum atomic E-state index is 12.3.